The summed E-state index contributed by atoms with van der Waals surface area (Å²) in [6.07, 6.45) is 65.3. The van der Waals surface area contributed by atoms with Crippen molar-refractivity contribution in [1.82, 2.24) is 5.32 Å². The summed E-state index contributed by atoms with van der Waals surface area (Å²) in [4.78, 5) is 12.4. The van der Waals surface area contributed by atoms with Gasteiger partial charge in [-0.3, -0.25) is 4.79 Å². The first kappa shape index (κ1) is 54.3. The van der Waals surface area contributed by atoms with Crippen LogP contribution in [0.1, 0.15) is 258 Å². The van der Waals surface area contributed by atoms with E-state index in [9.17, 15) is 15.0 Å². The van der Waals surface area contributed by atoms with E-state index in [-0.39, 0.29) is 12.5 Å². The van der Waals surface area contributed by atoms with Crippen molar-refractivity contribution in [2.45, 2.75) is 270 Å². The Kier molecular flexibility index (Phi) is 46.3. The van der Waals surface area contributed by atoms with Crippen LogP contribution in [0, 0.1) is 0 Å². The van der Waals surface area contributed by atoms with Gasteiger partial charge in [0.1, 0.15) is 0 Å². The van der Waals surface area contributed by atoms with Crippen LogP contribution in [0.2, 0.25) is 0 Å². The van der Waals surface area contributed by atoms with Crippen molar-refractivity contribution < 1.29 is 15.0 Å². The second-order valence-corrected chi connectivity index (χ2v) is 16.9. The molecule has 0 saturated carbocycles. The number of aliphatic hydroxyl groups excluding tert-OH is 2. The van der Waals surface area contributed by atoms with Gasteiger partial charge in [0.25, 0.3) is 0 Å². The number of unbranched alkanes of at least 4 members (excludes halogenated alkanes) is 32. The lowest BCUT2D eigenvalue weighted by atomic mass is 10.0. The van der Waals surface area contributed by atoms with Crippen LogP contribution >= 0.6 is 0 Å². The summed E-state index contributed by atoms with van der Waals surface area (Å²) in [7, 11) is 0. The standard InChI is InChI=1S/C52H97NO3/c1-3-5-7-9-11-13-15-17-19-20-21-22-23-24-25-26-27-28-29-30-31-32-34-36-38-40-42-44-46-48-52(56)53-50(49-54)51(55)47-45-43-41-39-37-35-33-18-16-14-12-10-8-6-4-2/h15,17,20-21,37,39,45,47,50-51,54-55H,3-14,16,18-19,22-36,38,40-44,46,48-49H2,1-2H3,(H,53,56)/b17-15-,21-20-,39-37+,47-45+. The SMILES string of the molecule is CCCCCCC/C=C\C/C=C\CCCCCCCCCCCCCCCCCCCC(=O)NC(CO)C(O)/C=C/CC/C=C/CCCCCCCCCCC. The maximum absolute atomic E-state index is 12.4. The Bertz CT molecular complexity index is 893. The van der Waals surface area contributed by atoms with Gasteiger partial charge in [-0.25, -0.2) is 0 Å². The zero-order chi connectivity index (χ0) is 40.7. The number of carbonyl (C=O) groups is 1. The quantitative estimate of drug-likeness (QED) is 0.0425. The molecule has 0 rings (SSSR count). The molecule has 0 saturated heterocycles. The summed E-state index contributed by atoms with van der Waals surface area (Å²) < 4.78 is 0. The average molecular weight is 784 g/mol. The van der Waals surface area contributed by atoms with Crippen molar-refractivity contribution >= 4 is 5.91 Å². The van der Waals surface area contributed by atoms with Gasteiger partial charge in [-0.1, -0.05) is 236 Å². The number of aliphatic hydroxyl groups is 2. The molecule has 0 fully saturated rings. The number of amides is 1. The van der Waals surface area contributed by atoms with E-state index in [1.54, 1.807) is 6.08 Å². The van der Waals surface area contributed by atoms with E-state index in [2.05, 4.69) is 55.6 Å². The van der Waals surface area contributed by atoms with Crippen LogP contribution in [0.5, 0.6) is 0 Å². The van der Waals surface area contributed by atoms with Gasteiger partial charge >= 0.3 is 0 Å². The summed E-state index contributed by atoms with van der Waals surface area (Å²) in [5.74, 6) is -0.0724. The van der Waals surface area contributed by atoms with Crippen molar-refractivity contribution in [2.75, 3.05) is 6.61 Å². The van der Waals surface area contributed by atoms with Gasteiger partial charge in [0.05, 0.1) is 18.8 Å². The highest BCUT2D eigenvalue weighted by atomic mass is 16.3. The number of nitrogens with one attached hydrogen (secondary N) is 1. The van der Waals surface area contributed by atoms with Gasteiger partial charge in [0, 0.05) is 6.42 Å². The fourth-order valence-corrected chi connectivity index (χ4v) is 7.46. The minimum absolute atomic E-state index is 0.0724. The smallest absolute Gasteiger partial charge is 0.220 e. The highest BCUT2D eigenvalue weighted by Gasteiger charge is 2.17. The molecular weight excluding hydrogens is 687 g/mol. The molecule has 1 amide bonds. The van der Waals surface area contributed by atoms with Crippen LogP contribution < -0.4 is 5.32 Å². The molecule has 0 aromatic heterocycles. The average Bonchev–Trinajstić information content (AvgIpc) is 3.20. The van der Waals surface area contributed by atoms with E-state index in [1.165, 1.54) is 199 Å². The predicted octanol–water partition coefficient (Wildman–Crippen LogP) is 15.9. The van der Waals surface area contributed by atoms with Crippen molar-refractivity contribution in [3.05, 3.63) is 48.6 Å². The fraction of sp³-hybridized carbons (Fsp3) is 0.827. The van der Waals surface area contributed by atoms with Gasteiger partial charge in [0.15, 0.2) is 0 Å². The van der Waals surface area contributed by atoms with Gasteiger partial charge < -0.3 is 15.5 Å². The van der Waals surface area contributed by atoms with Crippen LogP contribution in [-0.2, 0) is 4.79 Å². The predicted molar refractivity (Wildman–Crippen MR) is 248 cm³/mol. The molecule has 0 heterocycles. The Morgan fingerprint density at radius 3 is 1.14 bits per heavy atom. The van der Waals surface area contributed by atoms with E-state index in [0.717, 1.165) is 38.5 Å². The fourth-order valence-electron chi connectivity index (χ4n) is 7.46. The first-order valence-corrected chi connectivity index (χ1v) is 24.9. The number of hydrogen-bond donors (Lipinski definition) is 3. The molecule has 4 heteroatoms. The van der Waals surface area contributed by atoms with Gasteiger partial charge in [-0.2, -0.15) is 0 Å². The molecule has 4 nitrogen and oxygen atoms in total. The molecule has 0 aliphatic carbocycles. The van der Waals surface area contributed by atoms with Crippen LogP contribution in [0.3, 0.4) is 0 Å². The van der Waals surface area contributed by atoms with Crippen LogP contribution in [0.15, 0.2) is 48.6 Å². The summed E-state index contributed by atoms with van der Waals surface area (Å²) in [6, 6.07) is -0.638. The summed E-state index contributed by atoms with van der Waals surface area (Å²) in [6.45, 7) is 4.29. The first-order valence-electron chi connectivity index (χ1n) is 24.9. The normalized spacial score (nSPS) is 13.3. The van der Waals surface area contributed by atoms with Crippen molar-refractivity contribution in [3.63, 3.8) is 0 Å². The monoisotopic (exact) mass is 784 g/mol. The van der Waals surface area contributed by atoms with Gasteiger partial charge in [-0.05, 0) is 64.2 Å². The van der Waals surface area contributed by atoms with E-state index in [4.69, 9.17) is 0 Å². The molecule has 3 N–H and O–H groups in total. The maximum atomic E-state index is 12.4. The van der Waals surface area contributed by atoms with Crippen molar-refractivity contribution in [1.29, 1.82) is 0 Å². The molecule has 0 aromatic carbocycles. The van der Waals surface area contributed by atoms with E-state index in [1.807, 2.05) is 6.08 Å². The molecular formula is C52H97NO3. The zero-order valence-electron chi connectivity index (χ0n) is 37.7. The highest BCUT2D eigenvalue weighted by molar-refractivity contribution is 5.76. The lowest BCUT2D eigenvalue weighted by Crippen LogP contribution is -2.45. The molecule has 56 heavy (non-hydrogen) atoms. The van der Waals surface area contributed by atoms with Crippen LogP contribution in [0.4, 0.5) is 0 Å². The second kappa shape index (κ2) is 47.7. The molecule has 2 unspecified atom stereocenters. The zero-order valence-corrected chi connectivity index (χ0v) is 37.7. The lowest BCUT2D eigenvalue weighted by molar-refractivity contribution is -0.123. The maximum Gasteiger partial charge on any atom is 0.220 e. The Balaban J connectivity index is 3.51. The largest absolute Gasteiger partial charge is 0.394 e. The first-order chi connectivity index (χ1) is 27.7. The second-order valence-electron chi connectivity index (χ2n) is 16.9. The Hall–Kier alpha value is -1.65. The highest BCUT2D eigenvalue weighted by Crippen LogP contribution is 2.16. The number of hydrogen-bond acceptors (Lipinski definition) is 3. The van der Waals surface area contributed by atoms with Gasteiger partial charge in [0.2, 0.25) is 5.91 Å². The van der Waals surface area contributed by atoms with Crippen molar-refractivity contribution in [3.8, 4) is 0 Å². The minimum atomic E-state index is -0.861. The Morgan fingerprint density at radius 1 is 0.429 bits per heavy atom. The number of allylic oxidation sites excluding steroid dienone is 7. The minimum Gasteiger partial charge on any atom is -0.394 e. The van der Waals surface area contributed by atoms with E-state index in [0.29, 0.717) is 6.42 Å². The number of rotatable bonds is 45. The molecule has 0 aromatic rings. The summed E-state index contributed by atoms with van der Waals surface area (Å²) in [5, 5.41) is 23.0. The molecule has 328 valence electrons. The molecule has 2 atom stereocenters. The van der Waals surface area contributed by atoms with Crippen LogP contribution in [-0.4, -0.2) is 34.9 Å². The van der Waals surface area contributed by atoms with Gasteiger partial charge in [-0.15, -0.1) is 0 Å². The summed E-state index contributed by atoms with van der Waals surface area (Å²) >= 11 is 0. The van der Waals surface area contributed by atoms with Crippen LogP contribution in [0.25, 0.3) is 0 Å². The third-order valence-corrected chi connectivity index (χ3v) is 11.3. The molecule has 0 radical (unpaired) electrons. The Morgan fingerprint density at radius 2 is 0.750 bits per heavy atom. The van der Waals surface area contributed by atoms with E-state index < -0.39 is 12.1 Å². The third kappa shape index (κ3) is 43.5. The Labute approximate surface area is 350 Å². The van der Waals surface area contributed by atoms with Crippen molar-refractivity contribution in [2.24, 2.45) is 0 Å². The topological polar surface area (TPSA) is 69.6 Å². The molecule has 0 aliphatic rings. The molecule has 0 aliphatic heterocycles. The summed E-state index contributed by atoms with van der Waals surface area (Å²) in [5.41, 5.74) is 0. The molecule has 0 spiro atoms. The lowest BCUT2D eigenvalue weighted by Gasteiger charge is -2.19. The van der Waals surface area contributed by atoms with E-state index >= 15 is 0 Å². The third-order valence-electron chi connectivity index (χ3n) is 11.3. The molecule has 0 bridgehead atoms. The number of carbonyl (C=O) groups excluding carboxylic acids is 1.